The second-order valence-electron chi connectivity index (χ2n) is 26.9. The highest BCUT2D eigenvalue weighted by Gasteiger charge is 2.52. The second-order valence-corrected chi connectivity index (χ2v) is 30.7. The van der Waals surface area contributed by atoms with Crippen LogP contribution in [0.2, 0.25) is 10.0 Å². The molecule has 0 saturated carbocycles. The van der Waals surface area contributed by atoms with Crippen molar-refractivity contribution in [3.05, 3.63) is 128 Å². The number of aliphatic hydroxyl groups excluding tert-OH is 5. The fourth-order valence-corrected chi connectivity index (χ4v) is 15.3. The number of carboxylic acids is 1. The first-order valence-electron chi connectivity index (χ1n) is 33.7. The van der Waals surface area contributed by atoms with Crippen molar-refractivity contribution in [3.8, 4) is 63.0 Å². The Labute approximate surface area is 647 Å². The molecule has 39 heteroatoms. The van der Waals surface area contributed by atoms with Crippen LogP contribution in [0.4, 0.5) is 0 Å². The number of thioether (sulfide) groups is 1. The maximum atomic E-state index is 16.2. The van der Waals surface area contributed by atoms with Gasteiger partial charge < -0.3 is 128 Å². The SMILES string of the molecule is CN[C@@H](CC(C)C)C(=O)NC1C(=O)NC(CC(N)=O)C(=O)NC2C(=O)NC3C(=O)N[C@H](C(=O)NC(C(=O)O)c4cc(O)cc(O)c4-c4cc3ccc4O)[C@H](O)c3ccc(c(Cl)c3)Oc3cc2cc(c3OC2OC(CSc3nc(C)cc(O)n3)C(O)C(O)C2OC2CC(N)(I)C(O)C(C)O2)Oc2ccc(cc2Cl)C1O. The maximum absolute atomic E-state index is 16.2. The van der Waals surface area contributed by atoms with Crippen LogP contribution >= 0.6 is 57.6 Å². The number of phenols is 3. The number of ether oxygens (including phenoxy) is 6. The molecule has 35 nitrogen and oxygen atoms in total. The van der Waals surface area contributed by atoms with E-state index in [0.717, 1.165) is 78.5 Å². The van der Waals surface area contributed by atoms with Crippen molar-refractivity contribution < 1.29 is 118 Å². The minimum atomic E-state index is -2.36. The Morgan fingerprint density at radius 1 is 0.734 bits per heavy atom. The minimum absolute atomic E-state index is 0.00116. The fraction of sp³-hybridized carbons (Fsp3) is 0.400. The summed E-state index contributed by atoms with van der Waals surface area (Å²) in [7, 11) is 1.47. The van der Waals surface area contributed by atoms with Crippen molar-refractivity contribution in [1.29, 1.82) is 0 Å². The lowest BCUT2D eigenvalue weighted by Crippen LogP contribution is -2.63. The zero-order chi connectivity index (χ0) is 79.1. The topological polar surface area (TPSA) is 556 Å². The van der Waals surface area contributed by atoms with Gasteiger partial charge >= 0.3 is 5.97 Å². The second kappa shape index (κ2) is 33.2. The van der Waals surface area contributed by atoms with Gasteiger partial charge in [-0.15, -0.1) is 0 Å². The molecule has 6 aromatic rings. The summed E-state index contributed by atoms with van der Waals surface area (Å²) in [5.74, 6) is -16.7. The number of benzene rings is 5. The fourth-order valence-electron chi connectivity index (χ4n) is 13.0. The summed E-state index contributed by atoms with van der Waals surface area (Å²) in [5, 5.41) is 132. The number of primary amides is 1. The Bertz CT molecular complexity index is 4550. The van der Waals surface area contributed by atoms with Gasteiger partial charge in [0.15, 0.2) is 35.1 Å². The number of amides is 7. The van der Waals surface area contributed by atoms with E-state index in [1.165, 1.54) is 32.2 Å². The molecule has 7 aliphatic heterocycles. The number of nitrogens with zero attached hydrogens (tertiary/aromatic N) is 2. The van der Waals surface area contributed by atoms with Gasteiger partial charge in [-0.3, -0.25) is 33.6 Å². The summed E-state index contributed by atoms with van der Waals surface area (Å²) in [5.41, 5.74) is 9.83. The lowest BCUT2D eigenvalue weighted by Gasteiger charge is -2.46. The Kier molecular flexibility index (Phi) is 24.6. The van der Waals surface area contributed by atoms with Gasteiger partial charge in [-0.25, -0.2) is 9.78 Å². The summed E-state index contributed by atoms with van der Waals surface area (Å²) in [4.78, 5) is 126. The van der Waals surface area contributed by atoms with E-state index in [9.17, 15) is 75.0 Å². The number of aromatic nitrogens is 2. The van der Waals surface area contributed by atoms with Gasteiger partial charge in [0.05, 0.1) is 34.7 Å². The van der Waals surface area contributed by atoms with Crippen LogP contribution in [0.15, 0.2) is 90.1 Å². The molecule has 109 heavy (non-hydrogen) atoms. The molecule has 13 rings (SSSR count). The number of rotatable bonds is 15. The number of carbonyl (C=O) groups excluding carboxylic acids is 7. The molecular formula is C70H76Cl2IN11O24S. The molecule has 0 aliphatic carbocycles. The predicted octanol–water partition coefficient (Wildman–Crippen LogP) is 2.08. The number of hydrogen-bond acceptors (Lipinski definition) is 28. The van der Waals surface area contributed by atoms with Gasteiger partial charge in [-0.1, -0.05) is 89.6 Å². The number of phenolic OH excluding ortho intramolecular Hbond substituents is 3. The molecule has 2 fully saturated rings. The van der Waals surface area contributed by atoms with Crippen molar-refractivity contribution >= 4 is 105 Å². The van der Waals surface area contributed by atoms with Crippen LogP contribution in [0, 0.1) is 12.8 Å². The smallest absolute Gasteiger partial charge is 0.330 e. The number of aliphatic carboxylic acids is 1. The third kappa shape index (κ3) is 17.8. The summed E-state index contributed by atoms with van der Waals surface area (Å²) in [6.45, 7) is 6.71. The first kappa shape index (κ1) is 80.8. The van der Waals surface area contributed by atoms with E-state index in [1.807, 2.05) is 36.4 Å². The molecule has 2 saturated heterocycles. The number of nitrogens with one attached hydrogen (secondary N) is 7. The number of halogens is 3. The Morgan fingerprint density at radius 3 is 1.96 bits per heavy atom. The Morgan fingerprint density at radius 2 is 1.36 bits per heavy atom. The number of aliphatic hydroxyl groups is 5. The van der Waals surface area contributed by atoms with Gasteiger partial charge in [-0.2, -0.15) is 4.98 Å². The molecule has 7 amide bonds. The third-order valence-corrected chi connectivity index (χ3v) is 21.1. The summed E-state index contributed by atoms with van der Waals surface area (Å²) < 4.78 is 38.0. The van der Waals surface area contributed by atoms with Crippen LogP contribution < -0.4 is 62.9 Å². The van der Waals surface area contributed by atoms with Gasteiger partial charge in [0.2, 0.25) is 59.3 Å². The van der Waals surface area contributed by atoms with E-state index in [1.54, 1.807) is 6.92 Å². The van der Waals surface area contributed by atoms with Crippen molar-refractivity contribution in [2.45, 2.75) is 159 Å². The zero-order valence-electron chi connectivity index (χ0n) is 58.1. The monoisotopic (exact) mass is 1680 g/mol. The molecule has 7 aliphatic rings. The third-order valence-electron chi connectivity index (χ3n) is 18.5. The summed E-state index contributed by atoms with van der Waals surface area (Å²) in [6.07, 6.45) is -18.5. The van der Waals surface area contributed by atoms with Gasteiger partial charge in [-0.05, 0) is 110 Å². The average molecular weight is 1690 g/mol. The van der Waals surface area contributed by atoms with Crippen LogP contribution in [0.1, 0.15) is 104 Å². The lowest BCUT2D eigenvalue weighted by molar-refractivity contribution is -0.325. The molecule has 15 unspecified atom stereocenters. The van der Waals surface area contributed by atoms with Crippen LogP contribution in [-0.2, 0) is 52.6 Å². The van der Waals surface area contributed by atoms with Gasteiger partial charge in [0, 0.05) is 46.7 Å². The normalized spacial score (nSPS) is 28.1. The predicted molar refractivity (Wildman–Crippen MR) is 390 cm³/mol. The molecule has 1 aromatic heterocycles. The number of aryl methyl sites for hydroxylation is 1. The first-order chi connectivity index (χ1) is 51.5. The summed E-state index contributed by atoms with van der Waals surface area (Å²) in [6, 6.07) is 0.608. The van der Waals surface area contributed by atoms with E-state index in [-0.39, 0.29) is 57.1 Å². The van der Waals surface area contributed by atoms with Gasteiger partial charge in [0.1, 0.15) is 93.0 Å². The molecule has 582 valence electrons. The van der Waals surface area contributed by atoms with Crippen LogP contribution in [-0.4, -0.2) is 198 Å². The van der Waals surface area contributed by atoms with E-state index in [0.29, 0.717) is 5.69 Å². The molecule has 11 bridgehead atoms. The first-order valence-corrected chi connectivity index (χ1v) is 36.5. The Balaban J connectivity index is 1.17. The highest BCUT2D eigenvalue weighted by atomic mass is 127. The molecule has 0 radical (unpaired) electrons. The minimum Gasteiger partial charge on any atom is -0.508 e. The quantitative estimate of drug-likeness (QED) is 0.0230. The average Bonchev–Trinajstić information content (AvgIpc) is 0.767. The van der Waals surface area contributed by atoms with Crippen molar-refractivity contribution in [2.75, 3.05) is 12.8 Å². The number of likely N-dealkylation sites (N-methyl/N-ethyl adjacent to an activating group) is 1. The molecule has 21 N–H and O–H groups in total. The number of hydrogen-bond donors (Lipinski definition) is 19. The number of carbonyl (C=O) groups is 8. The molecule has 0 spiro atoms. The van der Waals surface area contributed by atoms with Crippen molar-refractivity contribution in [2.24, 2.45) is 17.4 Å². The highest BCUT2D eigenvalue weighted by molar-refractivity contribution is 14.1. The maximum Gasteiger partial charge on any atom is 0.330 e. The number of nitrogens with two attached hydrogens (primary N) is 2. The zero-order valence-corrected chi connectivity index (χ0v) is 62.6. The van der Waals surface area contributed by atoms with E-state index in [4.69, 9.17) is 63.1 Å². The van der Waals surface area contributed by atoms with E-state index >= 15 is 14.4 Å². The number of alkyl halides is 1. The highest BCUT2D eigenvalue weighted by Crippen LogP contribution is 2.50. The van der Waals surface area contributed by atoms with Crippen LogP contribution in [0.3, 0.4) is 0 Å². The van der Waals surface area contributed by atoms with E-state index in [2.05, 4.69) is 47.2 Å². The Hall–Kier alpha value is -9.20. The van der Waals surface area contributed by atoms with E-state index < -0.39 is 234 Å². The largest absolute Gasteiger partial charge is 0.508 e. The molecule has 5 aromatic carbocycles. The van der Waals surface area contributed by atoms with Crippen LogP contribution in [0.5, 0.6) is 51.9 Å². The van der Waals surface area contributed by atoms with Crippen molar-refractivity contribution in [1.82, 2.24) is 47.2 Å². The number of aromatic hydroxyl groups is 4. The number of fused-ring (bicyclic) bond motifs is 15. The molecule has 18 atom stereocenters. The van der Waals surface area contributed by atoms with Crippen LogP contribution in [0.25, 0.3) is 11.1 Å². The lowest BCUT2D eigenvalue weighted by atomic mass is 9.89. The number of carboxylic acid groups (broad SMARTS) is 1. The standard InChI is InChI=1S/C70H76Cl2IN11O24S/c1-24(2)12-36(76-5)61(95)83-52-54(90)28-7-10-40(34(71)15-28)104-42-17-30-18-43(58(42)108-68-59(107-47-22-70(73,75)60(94)26(4)103-47)57(93)56(92)44(106-68)23-109-69-77-25(3)13-46(89)79-69)105-41-11-8-29(16-35(41)72)55(91)53-66(100)82-51(67(101)102)33-19-31(85)20-39(87)48(33)32-14-27(6-9-38(32)86)49(63(97)84-53)81-64(98)50(30)80-62(96)37(21-45(74)88)78-65(52)99/h6-11,13-20,24,26,36-37,44,47,49-57,59-60,68,76,85-87,90-94H,12,21-23,75H2,1-5H3,(H2,74,88)(H,78,99)(H,80,96)(H,81,98)(H,82,100)(H,83,95)(H,84,97)(H,101,102)(H,77,79,89)/t26?,36-,37?,44?,47?,49?,50?,51?,52?,53-,54?,55+,56?,57?,59?,60?,68?,70?/m0/s1. The summed E-state index contributed by atoms with van der Waals surface area (Å²) >= 11 is 17.0. The molecule has 8 heterocycles. The van der Waals surface area contributed by atoms with Gasteiger partial charge in [0.25, 0.3) is 0 Å². The molecular weight excluding hydrogens is 1610 g/mol. The van der Waals surface area contributed by atoms with Crippen molar-refractivity contribution in [3.63, 3.8) is 0 Å².